The summed E-state index contributed by atoms with van der Waals surface area (Å²) >= 11 is 0. The van der Waals surface area contributed by atoms with Crippen molar-refractivity contribution in [1.29, 1.82) is 0 Å². The highest BCUT2D eigenvalue weighted by atomic mass is 16.4. The summed E-state index contributed by atoms with van der Waals surface area (Å²) in [6, 6.07) is 6.04. The zero-order chi connectivity index (χ0) is 11.3. The van der Waals surface area contributed by atoms with Crippen LogP contribution in [0.5, 0.6) is 0 Å². The minimum absolute atomic E-state index is 0.136. The summed E-state index contributed by atoms with van der Waals surface area (Å²) in [5.74, 6) is 2.97. The zero-order valence-corrected chi connectivity index (χ0v) is 7.73. The fourth-order valence-electron chi connectivity index (χ4n) is 0.952. The molecule has 0 fully saturated rings. The maximum atomic E-state index is 10.6. The number of hydrogen-bond acceptors (Lipinski definition) is 2. The Labute approximate surface area is 86.2 Å². The first-order valence-corrected chi connectivity index (χ1v) is 4.13. The SMILES string of the molecule is O=C(O)CC#Cc1cccc(C(=O)O)c1. The van der Waals surface area contributed by atoms with Gasteiger partial charge in [-0.1, -0.05) is 17.9 Å². The van der Waals surface area contributed by atoms with E-state index in [0.717, 1.165) is 0 Å². The molecule has 0 aliphatic rings. The average molecular weight is 204 g/mol. The van der Waals surface area contributed by atoms with E-state index in [1.54, 1.807) is 12.1 Å². The Morgan fingerprint density at radius 3 is 2.60 bits per heavy atom. The highest BCUT2D eigenvalue weighted by molar-refractivity contribution is 5.88. The summed E-state index contributed by atoms with van der Waals surface area (Å²) in [6.07, 6.45) is -0.253. The van der Waals surface area contributed by atoms with E-state index in [1.807, 2.05) is 0 Å². The molecule has 1 aromatic rings. The van der Waals surface area contributed by atoms with E-state index < -0.39 is 11.9 Å². The van der Waals surface area contributed by atoms with Gasteiger partial charge in [0.2, 0.25) is 0 Å². The molecule has 0 amide bonds. The van der Waals surface area contributed by atoms with Crippen molar-refractivity contribution < 1.29 is 19.8 Å². The zero-order valence-electron chi connectivity index (χ0n) is 7.73. The maximum Gasteiger partial charge on any atom is 0.335 e. The lowest BCUT2D eigenvalue weighted by Gasteiger charge is -1.93. The molecule has 0 spiro atoms. The molecule has 0 aliphatic heterocycles. The molecule has 0 aromatic heterocycles. The van der Waals surface area contributed by atoms with Crippen molar-refractivity contribution in [3.63, 3.8) is 0 Å². The molecule has 0 saturated carbocycles. The fraction of sp³-hybridized carbons (Fsp3) is 0.0909. The van der Waals surface area contributed by atoms with Gasteiger partial charge in [-0.2, -0.15) is 0 Å². The van der Waals surface area contributed by atoms with Gasteiger partial charge in [0.05, 0.1) is 5.56 Å². The van der Waals surface area contributed by atoms with E-state index in [2.05, 4.69) is 11.8 Å². The van der Waals surface area contributed by atoms with Crippen LogP contribution in [-0.4, -0.2) is 22.2 Å². The smallest absolute Gasteiger partial charge is 0.335 e. The van der Waals surface area contributed by atoms with Crippen LogP contribution in [-0.2, 0) is 4.79 Å². The molecule has 0 aliphatic carbocycles. The molecule has 1 rings (SSSR count). The highest BCUT2D eigenvalue weighted by Gasteiger charge is 2.01. The molecular formula is C11H8O4. The number of aliphatic carboxylic acids is 1. The Morgan fingerprint density at radius 2 is 2.00 bits per heavy atom. The number of aromatic carboxylic acids is 1. The van der Waals surface area contributed by atoms with E-state index in [9.17, 15) is 9.59 Å². The number of benzene rings is 1. The molecule has 15 heavy (non-hydrogen) atoms. The summed E-state index contributed by atoms with van der Waals surface area (Å²) in [7, 11) is 0. The van der Waals surface area contributed by atoms with Gasteiger partial charge in [0.25, 0.3) is 0 Å². The quantitative estimate of drug-likeness (QED) is 0.710. The van der Waals surface area contributed by atoms with Crippen molar-refractivity contribution >= 4 is 11.9 Å². The van der Waals surface area contributed by atoms with Gasteiger partial charge < -0.3 is 10.2 Å². The minimum atomic E-state index is -1.03. The van der Waals surface area contributed by atoms with Crippen LogP contribution < -0.4 is 0 Å². The number of hydrogen-bond donors (Lipinski definition) is 2. The number of rotatable bonds is 2. The molecule has 0 unspecified atom stereocenters. The van der Waals surface area contributed by atoms with Gasteiger partial charge >= 0.3 is 11.9 Å². The Hall–Kier alpha value is -2.28. The first-order valence-electron chi connectivity index (χ1n) is 4.13. The lowest BCUT2D eigenvalue weighted by atomic mass is 10.1. The molecule has 0 bridgehead atoms. The molecule has 0 heterocycles. The molecule has 0 saturated heterocycles. The van der Waals surface area contributed by atoms with Crippen LogP contribution in [0.25, 0.3) is 0 Å². The van der Waals surface area contributed by atoms with Crippen LogP contribution in [0.15, 0.2) is 24.3 Å². The van der Waals surface area contributed by atoms with Gasteiger partial charge in [-0.05, 0) is 18.2 Å². The minimum Gasteiger partial charge on any atom is -0.481 e. The van der Waals surface area contributed by atoms with Crippen molar-refractivity contribution in [2.24, 2.45) is 0 Å². The Bertz CT molecular complexity index is 451. The van der Waals surface area contributed by atoms with Gasteiger partial charge in [0.1, 0.15) is 6.42 Å². The maximum absolute atomic E-state index is 10.6. The fourth-order valence-corrected chi connectivity index (χ4v) is 0.952. The van der Waals surface area contributed by atoms with Crippen molar-refractivity contribution in [3.8, 4) is 11.8 Å². The summed E-state index contributed by atoms with van der Waals surface area (Å²) < 4.78 is 0. The summed E-state index contributed by atoms with van der Waals surface area (Å²) in [6.45, 7) is 0. The first-order chi connectivity index (χ1) is 7.09. The van der Waals surface area contributed by atoms with Crippen LogP contribution in [0.2, 0.25) is 0 Å². The number of carboxylic acid groups (broad SMARTS) is 2. The summed E-state index contributed by atoms with van der Waals surface area (Å²) in [5, 5.41) is 17.0. The number of carboxylic acids is 2. The van der Waals surface area contributed by atoms with Crippen LogP contribution in [0.4, 0.5) is 0 Å². The Morgan fingerprint density at radius 1 is 1.27 bits per heavy atom. The molecule has 0 atom stereocenters. The van der Waals surface area contributed by atoms with E-state index in [-0.39, 0.29) is 12.0 Å². The van der Waals surface area contributed by atoms with E-state index in [4.69, 9.17) is 10.2 Å². The largest absolute Gasteiger partial charge is 0.481 e. The summed E-state index contributed by atoms with van der Waals surface area (Å²) in [5.41, 5.74) is 0.633. The van der Waals surface area contributed by atoms with Gasteiger partial charge in [-0.3, -0.25) is 4.79 Å². The predicted molar refractivity (Wildman–Crippen MR) is 52.5 cm³/mol. The van der Waals surface area contributed by atoms with Gasteiger partial charge in [-0.25, -0.2) is 4.79 Å². The van der Waals surface area contributed by atoms with Crippen molar-refractivity contribution in [3.05, 3.63) is 35.4 Å². The van der Waals surface area contributed by atoms with Crippen molar-refractivity contribution in [2.75, 3.05) is 0 Å². The van der Waals surface area contributed by atoms with Gasteiger partial charge in [-0.15, -0.1) is 0 Å². The second-order valence-corrected chi connectivity index (χ2v) is 2.76. The highest BCUT2D eigenvalue weighted by Crippen LogP contribution is 2.03. The molecule has 1 aromatic carbocycles. The average Bonchev–Trinajstić information content (AvgIpc) is 2.17. The van der Waals surface area contributed by atoms with Crippen LogP contribution in [0.3, 0.4) is 0 Å². The number of carbonyl (C=O) groups is 2. The predicted octanol–water partition coefficient (Wildman–Crippen LogP) is 1.21. The van der Waals surface area contributed by atoms with E-state index >= 15 is 0 Å². The Kier molecular flexibility index (Phi) is 3.47. The second-order valence-electron chi connectivity index (χ2n) is 2.76. The third kappa shape index (κ3) is 3.53. The molecule has 76 valence electrons. The third-order valence-electron chi connectivity index (χ3n) is 1.58. The molecule has 4 heteroatoms. The second kappa shape index (κ2) is 4.82. The molecule has 0 radical (unpaired) electrons. The third-order valence-corrected chi connectivity index (χ3v) is 1.58. The molecular weight excluding hydrogens is 196 g/mol. The van der Waals surface area contributed by atoms with E-state index in [1.165, 1.54) is 12.1 Å². The molecule has 4 nitrogen and oxygen atoms in total. The van der Waals surface area contributed by atoms with Crippen LogP contribution in [0, 0.1) is 11.8 Å². The Balaban J connectivity index is 2.85. The lowest BCUT2D eigenvalue weighted by Crippen LogP contribution is -1.95. The van der Waals surface area contributed by atoms with E-state index in [0.29, 0.717) is 5.56 Å². The van der Waals surface area contributed by atoms with Crippen LogP contribution in [0.1, 0.15) is 22.3 Å². The van der Waals surface area contributed by atoms with Gasteiger partial charge in [0.15, 0.2) is 0 Å². The first kappa shape index (κ1) is 10.8. The van der Waals surface area contributed by atoms with Crippen LogP contribution >= 0.6 is 0 Å². The normalized spacial score (nSPS) is 8.80. The summed E-state index contributed by atoms with van der Waals surface area (Å²) in [4.78, 5) is 20.8. The van der Waals surface area contributed by atoms with Gasteiger partial charge in [0, 0.05) is 5.56 Å². The van der Waals surface area contributed by atoms with Crippen molar-refractivity contribution in [1.82, 2.24) is 0 Å². The monoisotopic (exact) mass is 204 g/mol. The lowest BCUT2D eigenvalue weighted by molar-refractivity contribution is -0.135. The topological polar surface area (TPSA) is 74.6 Å². The van der Waals surface area contributed by atoms with Crippen molar-refractivity contribution in [2.45, 2.75) is 6.42 Å². The standard InChI is InChI=1S/C11H8O4/c12-10(13)6-2-4-8-3-1-5-9(7-8)11(14)15/h1,3,5,7H,6H2,(H,12,13)(H,14,15). The molecule has 2 N–H and O–H groups in total.